The van der Waals surface area contributed by atoms with Gasteiger partial charge in [-0.15, -0.1) is 0 Å². The molecule has 0 saturated heterocycles. The van der Waals surface area contributed by atoms with E-state index in [-0.39, 0.29) is 61.7 Å². The van der Waals surface area contributed by atoms with Gasteiger partial charge in [-0.05, 0) is 60.7 Å². The van der Waals surface area contributed by atoms with Gasteiger partial charge in [0.25, 0.3) is 0 Å². The monoisotopic (exact) mass is 531 g/mol. The van der Waals surface area contributed by atoms with Crippen molar-refractivity contribution in [3.63, 3.8) is 0 Å². The molecule has 0 aromatic heterocycles. The number of ketones is 1. The van der Waals surface area contributed by atoms with E-state index in [9.17, 15) is 14.4 Å². The predicted octanol–water partition coefficient (Wildman–Crippen LogP) is 4.78. The summed E-state index contributed by atoms with van der Waals surface area (Å²) in [5, 5.41) is 8.93. The van der Waals surface area contributed by atoms with E-state index in [1.165, 1.54) is 12.0 Å². The summed E-state index contributed by atoms with van der Waals surface area (Å²) in [6, 6.07) is 6.69. The number of ether oxygens (including phenoxy) is 2. The normalized spacial score (nSPS) is 15.2. The maximum atomic E-state index is 15.1. The summed E-state index contributed by atoms with van der Waals surface area (Å²) in [6.45, 7) is 6.06. The Bertz CT molecular complexity index is 1170. The Balaban J connectivity index is 1.93. The van der Waals surface area contributed by atoms with Crippen LogP contribution in [0.1, 0.15) is 68.3 Å². The SMILES string of the molecule is CCOc1ccc2c(c1)CCN(C(=O)CCCC(=O)O)[C@H]2C(=O)Cc1cc(F)c(C(C)(C)COC)c(F)c1. The Kier molecular flexibility index (Phi) is 9.60. The fourth-order valence-electron chi connectivity index (χ4n) is 5.12. The molecule has 0 radical (unpaired) electrons. The van der Waals surface area contributed by atoms with E-state index in [1.807, 2.05) is 13.0 Å². The maximum Gasteiger partial charge on any atom is 0.303 e. The average Bonchev–Trinajstić information content (AvgIpc) is 2.82. The van der Waals surface area contributed by atoms with Crippen molar-refractivity contribution in [3.8, 4) is 5.75 Å². The van der Waals surface area contributed by atoms with Crippen LogP contribution in [0.15, 0.2) is 30.3 Å². The van der Waals surface area contributed by atoms with Crippen LogP contribution in [-0.2, 0) is 37.4 Å². The summed E-state index contributed by atoms with van der Waals surface area (Å²) >= 11 is 0. The molecular weight excluding hydrogens is 496 g/mol. The number of halogens is 2. The fraction of sp³-hybridized carbons (Fsp3) is 0.483. The number of benzene rings is 2. The molecule has 9 heteroatoms. The van der Waals surface area contributed by atoms with Crippen molar-refractivity contribution >= 4 is 17.7 Å². The Morgan fingerprint density at radius 3 is 2.39 bits per heavy atom. The molecule has 0 unspecified atom stereocenters. The molecule has 1 N–H and O–H groups in total. The summed E-state index contributed by atoms with van der Waals surface area (Å²) in [6.07, 6.45) is 0.189. The van der Waals surface area contributed by atoms with Gasteiger partial charge in [0.2, 0.25) is 5.91 Å². The third kappa shape index (κ3) is 6.75. The molecule has 1 aliphatic rings. The van der Waals surface area contributed by atoms with Crippen LogP contribution in [0.4, 0.5) is 8.78 Å². The zero-order chi connectivity index (χ0) is 28.0. The number of amides is 1. The molecule has 0 aliphatic carbocycles. The number of carboxylic acid groups (broad SMARTS) is 1. The molecule has 206 valence electrons. The van der Waals surface area contributed by atoms with Crippen LogP contribution in [-0.4, -0.2) is 54.5 Å². The molecule has 0 saturated carbocycles. The Labute approximate surface area is 221 Å². The molecule has 0 fully saturated rings. The Hall–Kier alpha value is -3.33. The van der Waals surface area contributed by atoms with Crippen molar-refractivity contribution in [2.24, 2.45) is 0 Å². The smallest absolute Gasteiger partial charge is 0.303 e. The number of aliphatic carboxylic acids is 1. The summed E-state index contributed by atoms with van der Waals surface area (Å²) in [7, 11) is 1.46. The van der Waals surface area contributed by atoms with Crippen LogP contribution in [0, 0.1) is 11.6 Å². The lowest BCUT2D eigenvalue weighted by Gasteiger charge is -2.37. The van der Waals surface area contributed by atoms with E-state index in [0.717, 1.165) is 17.7 Å². The van der Waals surface area contributed by atoms with Crippen LogP contribution in [0.5, 0.6) is 5.75 Å². The second-order valence-corrected chi connectivity index (χ2v) is 10.2. The lowest BCUT2D eigenvalue weighted by atomic mass is 9.83. The van der Waals surface area contributed by atoms with E-state index < -0.39 is 29.1 Å². The van der Waals surface area contributed by atoms with Crippen molar-refractivity contribution < 1.29 is 37.7 Å². The van der Waals surface area contributed by atoms with E-state index in [0.29, 0.717) is 24.3 Å². The highest BCUT2D eigenvalue weighted by atomic mass is 19.1. The second kappa shape index (κ2) is 12.5. The van der Waals surface area contributed by atoms with Crippen LogP contribution in [0.2, 0.25) is 0 Å². The van der Waals surface area contributed by atoms with E-state index in [2.05, 4.69) is 0 Å². The summed E-state index contributed by atoms with van der Waals surface area (Å²) in [4.78, 5) is 39.1. The van der Waals surface area contributed by atoms with Crippen LogP contribution < -0.4 is 4.74 Å². The molecule has 0 spiro atoms. The topological polar surface area (TPSA) is 93.1 Å². The number of fused-ring (bicyclic) bond motifs is 1. The lowest BCUT2D eigenvalue weighted by Crippen LogP contribution is -2.44. The van der Waals surface area contributed by atoms with Gasteiger partial charge in [0.1, 0.15) is 23.4 Å². The number of methoxy groups -OCH3 is 1. The molecule has 1 heterocycles. The van der Waals surface area contributed by atoms with Crippen LogP contribution in [0.25, 0.3) is 0 Å². The first kappa shape index (κ1) is 29.2. The number of hydrogen-bond acceptors (Lipinski definition) is 5. The summed E-state index contributed by atoms with van der Waals surface area (Å²) < 4.78 is 40.8. The zero-order valence-corrected chi connectivity index (χ0v) is 22.3. The molecule has 1 aliphatic heterocycles. The predicted molar refractivity (Wildman–Crippen MR) is 137 cm³/mol. The van der Waals surface area contributed by atoms with Crippen LogP contribution in [0.3, 0.4) is 0 Å². The third-order valence-corrected chi connectivity index (χ3v) is 6.72. The highest BCUT2D eigenvalue weighted by Crippen LogP contribution is 2.35. The number of hydrogen-bond donors (Lipinski definition) is 1. The van der Waals surface area contributed by atoms with Gasteiger partial charge < -0.3 is 19.5 Å². The third-order valence-electron chi connectivity index (χ3n) is 6.72. The van der Waals surface area contributed by atoms with Gasteiger partial charge in [0.15, 0.2) is 5.78 Å². The van der Waals surface area contributed by atoms with Gasteiger partial charge >= 0.3 is 5.97 Å². The molecule has 38 heavy (non-hydrogen) atoms. The summed E-state index contributed by atoms with van der Waals surface area (Å²) in [5.74, 6) is -2.60. The van der Waals surface area contributed by atoms with Crippen molar-refractivity contribution in [3.05, 3.63) is 64.2 Å². The molecular formula is C29H35F2NO6. The largest absolute Gasteiger partial charge is 0.494 e. The Morgan fingerprint density at radius 1 is 1.11 bits per heavy atom. The fourth-order valence-corrected chi connectivity index (χ4v) is 5.12. The minimum absolute atomic E-state index is 0.0189. The minimum atomic E-state index is -1.00. The second-order valence-electron chi connectivity index (χ2n) is 10.2. The van der Waals surface area contributed by atoms with Crippen molar-refractivity contribution in [2.45, 2.75) is 64.3 Å². The highest BCUT2D eigenvalue weighted by molar-refractivity contribution is 5.92. The molecule has 3 rings (SSSR count). The van der Waals surface area contributed by atoms with Crippen molar-refractivity contribution in [1.29, 1.82) is 0 Å². The standard InChI is InChI=1S/C29H35F2NO6/c1-5-38-20-9-10-21-19(16-20)11-12-32(25(34)7-6-8-26(35)36)28(21)24(33)15-18-13-22(30)27(23(31)14-18)29(2,3)17-37-4/h9-10,13-14,16,28H,5-8,11-12,15,17H2,1-4H3,(H,35,36)/t28-/m1/s1. The van der Waals surface area contributed by atoms with Gasteiger partial charge in [-0.3, -0.25) is 14.4 Å². The quantitative estimate of drug-likeness (QED) is 0.424. The molecule has 0 bridgehead atoms. The zero-order valence-electron chi connectivity index (χ0n) is 22.3. The maximum absolute atomic E-state index is 15.1. The van der Waals surface area contributed by atoms with Gasteiger partial charge in [0.05, 0.1) is 13.2 Å². The van der Waals surface area contributed by atoms with Crippen LogP contribution >= 0.6 is 0 Å². The van der Waals surface area contributed by atoms with Gasteiger partial charge in [-0.1, -0.05) is 19.9 Å². The van der Waals surface area contributed by atoms with E-state index in [4.69, 9.17) is 14.6 Å². The number of nitrogens with zero attached hydrogens (tertiary/aromatic N) is 1. The first-order chi connectivity index (χ1) is 18.0. The summed E-state index contributed by atoms with van der Waals surface area (Å²) in [5.41, 5.74) is 0.633. The number of carboxylic acids is 1. The van der Waals surface area contributed by atoms with Crippen molar-refractivity contribution in [1.82, 2.24) is 4.90 Å². The molecule has 7 nitrogen and oxygen atoms in total. The Morgan fingerprint density at radius 2 is 1.79 bits per heavy atom. The molecule has 2 aromatic carbocycles. The number of rotatable bonds is 12. The first-order valence-electron chi connectivity index (χ1n) is 12.8. The highest BCUT2D eigenvalue weighted by Gasteiger charge is 2.36. The van der Waals surface area contributed by atoms with Gasteiger partial charge in [0, 0.05) is 43.9 Å². The molecule has 2 aromatic rings. The average molecular weight is 532 g/mol. The molecule has 1 amide bonds. The van der Waals surface area contributed by atoms with Crippen molar-refractivity contribution in [2.75, 3.05) is 26.9 Å². The number of carbonyl (C=O) groups excluding carboxylic acids is 2. The van der Waals surface area contributed by atoms with Gasteiger partial charge in [-0.2, -0.15) is 0 Å². The van der Waals surface area contributed by atoms with Gasteiger partial charge in [-0.25, -0.2) is 8.78 Å². The molecule has 1 atom stereocenters. The lowest BCUT2D eigenvalue weighted by molar-refractivity contribution is -0.141. The number of carbonyl (C=O) groups is 3. The minimum Gasteiger partial charge on any atom is -0.494 e. The van der Waals surface area contributed by atoms with E-state index >= 15 is 8.78 Å². The first-order valence-corrected chi connectivity index (χ1v) is 12.8. The van der Waals surface area contributed by atoms with E-state index in [1.54, 1.807) is 26.0 Å². The number of Topliss-reactive ketones (excluding diaryl/α,β-unsaturated/α-hetero) is 1.